The normalized spacial score (nSPS) is 17.1. The lowest BCUT2D eigenvalue weighted by Crippen LogP contribution is -2.31. The Morgan fingerprint density at radius 1 is 1.42 bits per heavy atom. The van der Waals surface area contributed by atoms with Crippen LogP contribution in [0.15, 0.2) is 23.0 Å². The van der Waals surface area contributed by atoms with Gasteiger partial charge in [0.1, 0.15) is 5.76 Å². The molecule has 126 valence electrons. The van der Waals surface area contributed by atoms with Crippen molar-refractivity contribution < 1.29 is 14.1 Å². The highest BCUT2D eigenvalue weighted by atomic mass is 16.5. The minimum Gasteiger partial charge on any atom is -0.361 e. The predicted octanol–water partition coefficient (Wildman–Crippen LogP) is 1.39. The monoisotopic (exact) mass is 329 g/mol. The van der Waals surface area contributed by atoms with E-state index in [1.807, 2.05) is 0 Å². The molecule has 0 unspecified atom stereocenters. The maximum absolute atomic E-state index is 12.6. The van der Waals surface area contributed by atoms with E-state index in [4.69, 9.17) is 4.52 Å². The molecule has 0 aliphatic carbocycles. The van der Waals surface area contributed by atoms with Gasteiger partial charge in [-0.1, -0.05) is 5.16 Å². The summed E-state index contributed by atoms with van der Waals surface area (Å²) in [7, 11) is 0. The van der Waals surface area contributed by atoms with Crippen LogP contribution < -0.4 is 5.32 Å². The summed E-state index contributed by atoms with van der Waals surface area (Å²) in [6.07, 6.45) is 4.99. The Morgan fingerprint density at radius 3 is 2.96 bits per heavy atom. The zero-order valence-electron chi connectivity index (χ0n) is 13.7. The van der Waals surface area contributed by atoms with E-state index in [0.29, 0.717) is 30.2 Å². The van der Waals surface area contributed by atoms with E-state index < -0.39 is 0 Å². The van der Waals surface area contributed by atoms with Crippen molar-refractivity contribution in [3.05, 3.63) is 41.3 Å². The van der Waals surface area contributed by atoms with Gasteiger partial charge in [-0.25, -0.2) is 0 Å². The van der Waals surface area contributed by atoms with Gasteiger partial charge >= 0.3 is 0 Å². The van der Waals surface area contributed by atoms with Crippen molar-refractivity contribution in [2.24, 2.45) is 0 Å². The lowest BCUT2D eigenvalue weighted by Gasteiger charge is -2.23. The van der Waals surface area contributed by atoms with Crippen LogP contribution in [0.3, 0.4) is 0 Å². The quantitative estimate of drug-likeness (QED) is 0.909. The van der Waals surface area contributed by atoms with Gasteiger partial charge in [0.15, 0.2) is 5.69 Å². The van der Waals surface area contributed by atoms with Crippen LogP contribution in [-0.4, -0.2) is 38.4 Å². The standard InChI is InChI=1S/C16H19N5O3/c1-10-6-13(20-24-10)16(23)21-5-3-4-15(21)14-9-17-7-12(19-14)8-18-11(2)22/h6-7,9,15H,3-5,8H2,1-2H3,(H,18,22)/t15-/m1/s1. The number of nitrogens with zero attached hydrogens (tertiary/aromatic N) is 4. The van der Waals surface area contributed by atoms with Gasteiger partial charge in [-0.3, -0.25) is 19.6 Å². The number of hydrogen-bond donors (Lipinski definition) is 1. The van der Waals surface area contributed by atoms with Gasteiger partial charge in [0.2, 0.25) is 5.91 Å². The molecule has 8 heteroatoms. The topological polar surface area (TPSA) is 101 Å². The maximum atomic E-state index is 12.6. The fourth-order valence-corrected chi connectivity index (χ4v) is 2.82. The molecule has 1 saturated heterocycles. The Morgan fingerprint density at radius 2 is 2.25 bits per heavy atom. The predicted molar refractivity (Wildman–Crippen MR) is 83.8 cm³/mol. The first-order chi connectivity index (χ1) is 11.5. The fourth-order valence-electron chi connectivity index (χ4n) is 2.82. The summed E-state index contributed by atoms with van der Waals surface area (Å²) in [5, 5.41) is 6.50. The van der Waals surface area contributed by atoms with Crippen LogP contribution in [0, 0.1) is 6.92 Å². The highest BCUT2D eigenvalue weighted by Crippen LogP contribution is 2.31. The summed E-state index contributed by atoms with van der Waals surface area (Å²) in [4.78, 5) is 34.2. The molecule has 0 aromatic carbocycles. The molecule has 2 aromatic heterocycles. The molecule has 2 aromatic rings. The molecule has 1 atom stereocenters. The Balaban J connectivity index is 1.79. The summed E-state index contributed by atoms with van der Waals surface area (Å²) in [6.45, 7) is 4.17. The van der Waals surface area contributed by atoms with E-state index in [9.17, 15) is 9.59 Å². The van der Waals surface area contributed by atoms with Crippen molar-refractivity contribution in [1.82, 2.24) is 25.3 Å². The lowest BCUT2D eigenvalue weighted by atomic mass is 10.1. The molecule has 8 nitrogen and oxygen atoms in total. The molecule has 1 aliphatic rings. The molecule has 1 N–H and O–H groups in total. The van der Waals surface area contributed by atoms with Crippen molar-refractivity contribution >= 4 is 11.8 Å². The molecular weight excluding hydrogens is 310 g/mol. The molecule has 2 amide bonds. The van der Waals surface area contributed by atoms with E-state index >= 15 is 0 Å². The number of nitrogens with one attached hydrogen (secondary N) is 1. The summed E-state index contributed by atoms with van der Waals surface area (Å²) >= 11 is 0. The first-order valence-electron chi connectivity index (χ1n) is 7.84. The van der Waals surface area contributed by atoms with Crippen LogP contribution in [0.25, 0.3) is 0 Å². The molecule has 0 radical (unpaired) electrons. The highest BCUT2D eigenvalue weighted by molar-refractivity contribution is 5.92. The van der Waals surface area contributed by atoms with Gasteiger partial charge in [-0.05, 0) is 19.8 Å². The zero-order valence-corrected chi connectivity index (χ0v) is 13.7. The van der Waals surface area contributed by atoms with Gasteiger partial charge in [0.25, 0.3) is 5.91 Å². The van der Waals surface area contributed by atoms with Crippen molar-refractivity contribution in [3.63, 3.8) is 0 Å². The second kappa shape index (κ2) is 6.77. The third kappa shape index (κ3) is 3.42. The number of aryl methyl sites for hydroxylation is 1. The third-order valence-corrected chi connectivity index (χ3v) is 3.92. The largest absolute Gasteiger partial charge is 0.361 e. The fraction of sp³-hybridized carbons (Fsp3) is 0.438. The van der Waals surface area contributed by atoms with Gasteiger partial charge < -0.3 is 14.7 Å². The van der Waals surface area contributed by atoms with E-state index in [-0.39, 0.29) is 17.9 Å². The Kier molecular flexibility index (Phi) is 4.54. The average molecular weight is 329 g/mol. The molecule has 1 fully saturated rings. The SMILES string of the molecule is CC(=O)NCc1cncc([C@H]2CCCN2C(=O)c2cc(C)on2)n1. The van der Waals surface area contributed by atoms with Crippen LogP contribution in [-0.2, 0) is 11.3 Å². The number of hydrogen-bond acceptors (Lipinski definition) is 6. The van der Waals surface area contributed by atoms with Crippen LogP contribution in [0.5, 0.6) is 0 Å². The molecular formula is C16H19N5O3. The van der Waals surface area contributed by atoms with Crippen LogP contribution >= 0.6 is 0 Å². The van der Waals surface area contributed by atoms with Gasteiger partial charge in [-0.15, -0.1) is 0 Å². The van der Waals surface area contributed by atoms with Gasteiger partial charge in [0.05, 0.1) is 36.4 Å². The minimum absolute atomic E-state index is 0.124. The van der Waals surface area contributed by atoms with Gasteiger partial charge in [0, 0.05) is 19.5 Å². The van der Waals surface area contributed by atoms with Crippen molar-refractivity contribution in [1.29, 1.82) is 0 Å². The first-order valence-corrected chi connectivity index (χ1v) is 7.84. The molecule has 1 aliphatic heterocycles. The van der Waals surface area contributed by atoms with E-state index in [1.165, 1.54) is 6.92 Å². The molecule has 0 bridgehead atoms. The van der Waals surface area contributed by atoms with E-state index in [2.05, 4.69) is 20.4 Å². The zero-order chi connectivity index (χ0) is 17.1. The summed E-state index contributed by atoms with van der Waals surface area (Å²) < 4.78 is 4.99. The maximum Gasteiger partial charge on any atom is 0.276 e. The summed E-state index contributed by atoms with van der Waals surface area (Å²) in [5.74, 6) is 0.316. The Labute approximate surface area is 139 Å². The number of rotatable bonds is 4. The molecule has 0 saturated carbocycles. The highest BCUT2D eigenvalue weighted by Gasteiger charge is 2.33. The summed E-state index contributed by atoms with van der Waals surface area (Å²) in [5.41, 5.74) is 1.70. The summed E-state index contributed by atoms with van der Waals surface area (Å²) in [6, 6.07) is 1.50. The van der Waals surface area contributed by atoms with Crippen molar-refractivity contribution in [2.45, 2.75) is 39.3 Å². The first kappa shape index (κ1) is 16.1. The minimum atomic E-state index is -0.164. The van der Waals surface area contributed by atoms with Crippen LogP contribution in [0.4, 0.5) is 0 Å². The number of likely N-dealkylation sites (tertiary alicyclic amines) is 1. The van der Waals surface area contributed by atoms with Crippen LogP contribution in [0.2, 0.25) is 0 Å². The van der Waals surface area contributed by atoms with Crippen molar-refractivity contribution in [2.75, 3.05) is 6.54 Å². The van der Waals surface area contributed by atoms with E-state index in [1.54, 1.807) is 30.3 Å². The number of amides is 2. The lowest BCUT2D eigenvalue weighted by molar-refractivity contribution is -0.119. The van der Waals surface area contributed by atoms with Crippen LogP contribution in [0.1, 0.15) is 53.4 Å². The Bertz CT molecular complexity index is 758. The second-order valence-electron chi connectivity index (χ2n) is 5.82. The third-order valence-electron chi connectivity index (χ3n) is 3.92. The molecule has 0 spiro atoms. The van der Waals surface area contributed by atoms with Crippen molar-refractivity contribution in [3.8, 4) is 0 Å². The average Bonchev–Trinajstić information content (AvgIpc) is 3.21. The molecule has 24 heavy (non-hydrogen) atoms. The second-order valence-corrected chi connectivity index (χ2v) is 5.82. The number of carbonyl (C=O) groups excluding carboxylic acids is 2. The van der Waals surface area contributed by atoms with Gasteiger partial charge in [-0.2, -0.15) is 0 Å². The number of aromatic nitrogens is 3. The van der Waals surface area contributed by atoms with E-state index in [0.717, 1.165) is 18.5 Å². The molecule has 3 heterocycles. The number of carbonyl (C=O) groups is 2. The smallest absolute Gasteiger partial charge is 0.276 e. The Hall–Kier alpha value is -2.77. The molecule has 3 rings (SSSR count).